The van der Waals surface area contributed by atoms with Gasteiger partial charge in [-0.25, -0.2) is 0 Å². The number of nitrogens with zero attached hydrogens (tertiary/aromatic N) is 3. The molecule has 0 aromatic heterocycles. The van der Waals surface area contributed by atoms with Gasteiger partial charge < -0.3 is 4.90 Å². The van der Waals surface area contributed by atoms with Gasteiger partial charge in [0.25, 0.3) is 0 Å². The van der Waals surface area contributed by atoms with Crippen LogP contribution in [0.5, 0.6) is 0 Å². The van der Waals surface area contributed by atoms with Crippen molar-refractivity contribution >= 4 is 11.4 Å². The van der Waals surface area contributed by atoms with Crippen molar-refractivity contribution in [2.45, 2.75) is 396 Å². The molecule has 532 valence electrons. The molecule has 0 spiro atoms. The zero-order chi connectivity index (χ0) is 72.9. The summed E-state index contributed by atoms with van der Waals surface area (Å²) in [5.41, 5.74) is 11.4. The van der Waals surface area contributed by atoms with E-state index in [1.54, 1.807) is 11.1 Å². The van der Waals surface area contributed by atoms with Gasteiger partial charge in [-0.2, -0.15) is 0 Å². The second kappa shape index (κ2) is 45.5. The van der Waals surface area contributed by atoms with Crippen molar-refractivity contribution in [2.75, 3.05) is 27.2 Å². The Morgan fingerprint density at radius 3 is 0.750 bits per heavy atom. The molecule has 0 radical (unpaired) electrons. The Bertz CT molecular complexity index is 1790. The van der Waals surface area contributed by atoms with Crippen LogP contribution in [-0.4, -0.2) is 43.5 Å². The molecule has 1 aliphatic carbocycles. The molecule has 0 unspecified atom stereocenters. The van der Waals surface area contributed by atoms with Gasteiger partial charge >= 0.3 is 0 Å². The zero-order valence-corrected chi connectivity index (χ0v) is 71.2. The Kier molecular flexibility index (Phi) is 52.9. The highest BCUT2D eigenvalue weighted by atomic mass is 15.1. The molecule has 0 aromatic rings. The van der Waals surface area contributed by atoms with Crippen molar-refractivity contribution in [3.8, 4) is 11.8 Å². The van der Waals surface area contributed by atoms with Crippen LogP contribution in [0.25, 0.3) is 0 Å². The molecule has 1 saturated carbocycles. The molecular formula is C85H177N3. The van der Waals surface area contributed by atoms with E-state index in [0.717, 1.165) is 61.5 Å². The van der Waals surface area contributed by atoms with Crippen LogP contribution in [0.4, 0.5) is 0 Å². The van der Waals surface area contributed by atoms with Crippen molar-refractivity contribution < 1.29 is 0 Å². The van der Waals surface area contributed by atoms with E-state index >= 15 is 0 Å². The molecule has 1 fully saturated rings. The Morgan fingerprint density at radius 2 is 0.636 bits per heavy atom. The molecule has 3 heteroatoms. The minimum Gasteiger partial charge on any atom is -0.381 e. The SMILES string of the molecule is C=C(N(C)C)C(C)(C)CC.CCC.CCC(C)(C)/C(C)=C(/C)C(C)(C)CC.CCC(C)(C)C#CC(C)(C)CC.CCC(C)(C)C(C)C(C)(C)CC.CCC(C)(C)C1C(C)(C)C(C(C)(C)CC)C1(C)C.CCC(C)(C)CC.CCN=C(C)C.CCN=C(C)C. The van der Waals surface area contributed by atoms with Crippen LogP contribution in [0.15, 0.2) is 33.4 Å². The topological polar surface area (TPSA) is 28.0 Å². The van der Waals surface area contributed by atoms with E-state index in [1.807, 2.05) is 55.6 Å². The highest BCUT2D eigenvalue weighted by Gasteiger charge is 2.68. The van der Waals surface area contributed by atoms with Crippen LogP contribution >= 0.6 is 0 Å². The lowest BCUT2D eigenvalue weighted by Crippen LogP contribution is -2.67. The molecule has 0 heterocycles. The van der Waals surface area contributed by atoms with E-state index in [-0.39, 0.29) is 16.2 Å². The van der Waals surface area contributed by atoms with E-state index in [9.17, 15) is 0 Å². The predicted octanol–water partition coefficient (Wildman–Crippen LogP) is 29.4. The Labute approximate surface area is 564 Å². The first-order valence-corrected chi connectivity index (χ1v) is 36.7. The molecule has 0 atom stereocenters. The fraction of sp³-hybridized carbons (Fsp3) is 0.906. The fourth-order valence-corrected chi connectivity index (χ4v) is 12.0. The van der Waals surface area contributed by atoms with Crippen LogP contribution < -0.4 is 0 Å². The normalized spacial score (nSPS) is 15.9. The van der Waals surface area contributed by atoms with Gasteiger partial charge in [-0.3, -0.25) is 9.98 Å². The monoisotopic (exact) mass is 1240 g/mol. The molecule has 0 bridgehead atoms. The Hall–Kier alpha value is -1.82. The van der Waals surface area contributed by atoms with Gasteiger partial charge in [-0.05, 0) is 182 Å². The van der Waals surface area contributed by atoms with E-state index in [4.69, 9.17) is 0 Å². The summed E-state index contributed by atoms with van der Waals surface area (Å²) in [6.45, 7) is 111. The van der Waals surface area contributed by atoms with Gasteiger partial charge in [-0.15, -0.1) is 0 Å². The third-order valence-corrected chi connectivity index (χ3v) is 22.5. The summed E-state index contributed by atoms with van der Waals surface area (Å²) in [7, 11) is 4.08. The van der Waals surface area contributed by atoms with Crippen LogP contribution in [0.2, 0.25) is 0 Å². The maximum Gasteiger partial charge on any atom is 0.0360 e. The first kappa shape index (κ1) is 102. The van der Waals surface area contributed by atoms with Crippen molar-refractivity contribution in [3.63, 3.8) is 0 Å². The maximum atomic E-state index is 4.04. The molecule has 1 rings (SSSR count). The number of aliphatic imine (C=N–C) groups is 2. The lowest BCUT2D eigenvalue weighted by molar-refractivity contribution is -0.252. The molecule has 0 N–H and O–H groups in total. The number of hydrogen-bond donors (Lipinski definition) is 0. The van der Waals surface area contributed by atoms with Gasteiger partial charge in [0.1, 0.15) is 0 Å². The van der Waals surface area contributed by atoms with E-state index in [1.165, 1.54) is 63.5 Å². The molecular weight excluding hydrogens is 1060 g/mol. The summed E-state index contributed by atoms with van der Waals surface area (Å²) in [5, 5.41) is 0. The third-order valence-electron chi connectivity index (χ3n) is 22.5. The van der Waals surface area contributed by atoms with Gasteiger partial charge in [0, 0.05) is 60.6 Å². The lowest BCUT2D eigenvalue weighted by atomic mass is 9.31. The van der Waals surface area contributed by atoms with Gasteiger partial charge in [0.15, 0.2) is 0 Å². The summed E-state index contributed by atoms with van der Waals surface area (Å²) in [6, 6.07) is 0. The molecule has 0 aliphatic heterocycles. The van der Waals surface area contributed by atoms with E-state index in [2.05, 4.69) is 310 Å². The summed E-state index contributed by atoms with van der Waals surface area (Å²) in [4.78, 5) is 10.2. The van der Waals surface area contributed by atoms with Crippen molar-refractivity contribution in [1.29, 1.82) is 0 Å². The van der Waals surface area contributed by atoms with E-state index in [0.29, 0.717) is 48.7 Å². The minimum atomic E-state index is 0.187. The van der Waals surface area contributed by atoms with Crippen molar-refractivity contribution in [3.05, 3.63) is 23.4 Å². The van der Waals surface area contributed by atoms with Crippen molar-refractivity contribution in [1.82, 2.24) is 4.90 Å². The lowest BCUT2D eigenvalue weighted by Gasteiger charge is -2.73. The molecule has 0 amide bonds. The first-order chi connectivity index (χ1) is 39.1. The predicted molar refractivity (Wildman–Crippen MR) is 418 cm³/mol. The Morgan fingerprint density at radius 1 is 0.398 bits per heavy atom. The summed E-state index contributed by atoms with van der Waals surface area (Å²) < 4.78 is 0. The molecule has 0 saturated heterocycles. The molecule has 0 aromatic carbocycles. The number of allylic oxidation sites excluding steroid dienone is 3. The van der Waals surface area contributed by atoms with Crippen LogP contribution in [0.3, 0.4) is 0 Å². The average Bonchev–Trinajstić information content (AvgIpc) is 3.42. The quantitative estimate of drug-likeness (QED) is 0.0639. The zero-order valence-electron chi connectivity index (χ0n) is 71.2. The summed E-state index contributed by atoms with van der Waals surface area (Å²) in [6.07, 6.45) is 14.8. The second-order valence-corrected chi connectivity index (χ2v) is 35.0. The fourth-order valence-electron chi connectivity index (χ4n) is 12.0. The minimum absolute atomic E-state index is 0.187. The Balaban J connectivity index is -0.000000141. The summed E-state index contributed by atoms with van der Waals surface area (Å²) in [5.74, 6) is 9.13. The number of hydrogen-bond acceptors (Lipinski definition) is 3. The van der Waals surface area contributed by atoms with Crippen molar-refractivity contribution in [2.24, 2.45) is 92.7 Å². The molecule has 1 aliphatic rings. The van der Waals surface area contributed by atoms with Crippen LogP contribution in [0.1, 0.15) is 396 Å². The first-order valence-electron chi connectivity index (χ1n) is 36.7. The average molecular weight is 1240 g/mol. The molecule has 88 heavy (non-hydrogen) atoms. The third kappa shape index (κ3) is 41.7. The van der Waals surface area contributed by atoms with Crippen LogP contribution in [-0.2, 0) is 0 Å². The largest absolute Gasteiger partial charge is 0.381 e. The van der Waals surface area contributed by atoms with E-state index < -0.39 is 0 Å². The van der Waals surface area contributed by atoms with Gasteiger partial charge in [-0.1, -0.05) is 310 Å². The molecule has 3 nitrogen and oxygen atoms in total. The second-order valence-electron chi connectivity index (χ2n) is 35.0. The maximum absolute atomic E-state index is 4.04. The smallest absolute Gasteiger partial charge is 0.0360 e. The van der Waals surface area contributed by atoms with Gasteiger partial charge in [0.2, 0.25) is 0 Å². The highest BCUT2D eigenvalue weighted by Crippen LogP contribution is 2.73. The number of rotatable bonds is 21. The standard InChI is InChI=1S/C18H36.C14H28.C12H26.C12H22.C9H19N.C7H16.2C5H11N.C3H8/c1-11-15(3,4)13-17(7,8)14(18(13,9)10)16(5,6)12-2;1-9-13(5,6)11(3)12(4)14(7,8)10-2;1-8-11(4,5)10(3)12(6,7)9-2;1-7-11(3,4)9-10-12(5,6)8-2;1-7-9(3,4)8(2)10(5)6;1-5-7(3,4)6-2;2*1-4-6-5(2)3;1-3-2/h13-14H,11-12H2,1-10H3;9-10H2,1-8H3;10H,8-9H2,1-7H3;7-8H2,1-6H3;2,7H2,1,3-6H3;5-6H2,1-4H3;2*4H2,1-3H3;3H2,1-2H3/b;12-11-;;;;;;;. The van der Waals surface area contributed by atoms with Gasteiger partial charge in [0.05, 0.1) is 0 Å². The summed E-state index contributed by atoms with van der Waals surface area (Å²) >= 11 is 0. The highest BCUT2D eigenvalue weighted by molar-refractivity contribution is 5.79. The van der Waals surface area contributed by atoms with Crippen LogP contribution in [0, 0.1) is 94.6 Å².